The van der Waals surface area contributed by atoms with Crippen LogP contribution in [0.2, 0.25) is 0 Å². The third-order valence-corrected chi connectivity index (χ3v) is 2.18. The lowest BCUT2D eigenvalue weighted by Gasteiger charge is -2.05. The van der Waals surface area contributed by atoms with Gasteiger partial charge in [-0.15, -0.1) is 0 Å². The lowest BCUT2D eigenvalue weighted by atomic mass is 10.2. The molecule has 15 heavy (non-hydrogen) atoms. The first kappa shape index (κ1) is 11.8. The van der Waals surface area contributed by atoms with E-state index in [1.165, 1.54) is 0 Å². The summed E-state index contributed by atoms with van der Waals surface area (Å²) in [4.78, 5) is 10.2. The SMILES string of the molecule is Cc1cc(Br)cc(NC/C=C/C(=O)O)c1. The zero-order valence-electron chi connectivity index (χ0n) is 8.33. The average molecular weight is 270 g/mol. The molecule has 0 radical (unpaired) electrons. The van der Waals surface area contributed by atoms with E-state index in [2.05, 4.69) is 21.2 Å². The minimum absolute atomic E-state index is 0.502. The van der Waals surface area contributed by atoms with Crippen LogP contribution in [0.25, 0.3) is 0 Å². The van der Waals surface area contributed by atoms with Crippen LogP contribution >= 0.6 is 15.9 Å². The Bertz CT molecular complexity index is 368. The summed E-state index contributed by atoms with van der Waals surface area (Å²) in [5.74, 6) is -0.928. The smallest absolute Gasteiger partial charge is 0.328 e. The Morgan fingerprint density at radius 1 is 1.53 bits per heavy atom. The average Bonchev–Trinajstić information content (AvgIpc) is 2.10. The van der Waals surface area contributed by atoms with Crippen LogP contribution in [-0.2, 0) is 4.79 Å². The minimum Gasteiger partial charge on any atom is -0.478 e. The Kier molecular flexibility index (Phi) is 4.37. The highest BCUT2D eigenvalue weighted by Crippen LogP contribution is 2.18. The number of halogens is 1. The molecule has 0 saturated heterocycles. The Morgan fingerprint density at radius 2 is 2.27 bits per heavy atom. The molecule has 80 valence electrons. The summed E-state index contributed by atoms with van der Waals surface area (Å²) in [6.45, 7) is 2.51. The van der Waals surface area contributed by atoms with Gasteiger partial charge < -0.3 is 10.4 Å². The van der Waals surface area contributed by atoms with Gasteiger partial charge in [-0.2, -0.15) is 0 Å². The van der Waals surface area contributed by atoms with E-state index in [9.17, 15) is 4.79 Å². The summed E-state index contributed by atoms with van der Waals surface area (Å²) in [5.41, 5.74) is 2.12. The summed E-state index contributed by atoms with van der Waals surface area (Å²) in [5, 5.41) is 11.5. The highest BCUT2D eigenvalue weighted by molar-refractivity contribution is 9.10. The van der Waals surface area contributed by atoms with E-state index in [1.54, 1.807) is 6.08 Å². The third-order valence-electron chi connectivity index (χ3n) is 1.73. The summed E-state index contributed by atoms with van der Waals surface area (Å²) >= 11 is 3.39. The number of carboxylic acid groups (broad SMARTS) is 1. The number of carbonyl (C=O) groups is 1. The molecule has 1 rings (SSSR count). The Morgan fingerprint density at radius 3 is 2.87 bits per heavy atom. The van der Waals surface area contributed by atoms with Crippen molar-refractivity contribution in [2.75, 3.05) is 11.9 Å². The van der Waals surface area contributed by atoms with E-state index in [0.29, 0.717) is 6.54 Å². The zero-order chi connectivity index (χ0) is 11.3. The molecular formula is C11H12BrNO2. The van der Waals surface area contributed by atoms with Gasteiger partial charge in [0.15, 0.2) is 0 Å². The first-order chi connectivity index (χ1) is 7.08. The van der Waals surface area contributed by atoms with Gasteiger partial charge in [0.2, 0.25) is 0 Å². The lowest BCUT2D eigenvalue weighted by molar-refractivity contribution is -0.131. The number of hydrogen-bond acceptors (Lipinski definition) is 2. The second kappa shape index (κ2) is 5.56. The number of benzene rings is 1. The van der Waals surface area contributed by atoms with Gasteiger partial charge in [0.05, 0.1) is 0 Å². The number of anilines is 1. The fraction of sp³-hybridized carbons (Fsp3) is 0.182. The van der Waals surface area contributed by atoms with Crippen molar-refractivity contribution in [3.8, 4) is 0 Å². The normalized spacial score (nSPS) is 10.5. The van der Waals surface area contributed by atoms with Crippen LogP contribution < -0.4 is 5.32 Å². The molecular weight excluding hydrogens is 258 g/mol. The maximum atomic E-state index is 10.2. The van der Waals surface area contributed by atoms with Gasteiger partial charge in [0.1, 0.15) is 0 Å². The standard InChI is InChI=1S/C11H12BrNO2/c1-8-5-9(12)7-10(6-8)13-4-2-3-11(14)15/h2-3,5-7,13H,4H2,1H3,(H,14,15)/b3-2+. The Labute approximate surface area is 96.9 Å². The van der Waals surface area contributed by atoms with E-state index < -0.39 is 5.97 Å². The van der Waals surface area contributed by atoms with Crippen LogP contribution in [-0.4, -0.2) is 17.6 Å². The van der Waals surface area contributed by atoms with Crippen molar-refractivity contribution >= 4 is 27.6 Å². The molecule has 0 fully saturated rings. The van der Waals surface area contributed by atoms with E-state index in [4.69, 9.17) is 5.11 Å². The monoisotopic (exact) mass is 269 g/mol. The highest BCUT2D eigenvalue weighted by atomic mass is 79.9. The molecule has 1 aromatic rings. The van der Waals surface area contributed by atoms with Crippen molar-refractivity contribution in [2.24, 2.45) is 0 Å². The van der Waals surface area contributed by atoms with E-state index in [-0.39, 0.29) is 0 Å². The molecule has 0 aromatic heterocycles. The summed E-state index contributed by atoms with van der Waals surface area (Å²) < 4.78 is 1.01. The molecule has 0 saturated carbocycles. The lowest BCUT2D eigenvalue weighted by Crippen LogP contribution is -1.99. The number of rotatable bonds is 4. The second-order valence-electron chi connectivity index (χ2n) is 3.14. The first-order valence-corrected chi connectivity index (χ1v) is 5.28. The fourth-order valence-electron chi connectivity index (χ4n) is 1.17. The van der Waals surface area contributed by atoms with Crippen LogP contribution in [0.5, 0.6) is 0 Å². The first-order valence-electron chi connectivity index (χ1n) is 4.48. The van der Waals surface area contributed by atoms with Gasteiger partial charge >= 0.3 is 5.97 Å². The third kappa shape index (κ3) is 4.65. The highest BCUT2D eigenvalue weighted by Gasteiger charge is 1.94. The number of hydrogen-bond donors (Lipinski definition) is 2. The molecule has 0 bridgehead atoms. The predicted octanol–water partition coefficient (Wildman–Crippen LogP) is 2.81. The number of aryl methyl sites for hydroxylation is 1. The predicted molar refractivity (Wildman–Crippen MR) is 64.1 cm³/mol. The molecule has 1 aromatic carbocycles. The van der Waals surface area contributed by atoms with Crippen molar-refractivity contribution in [1.82, 2.24) is 0 Å². The van der Waals surface area contributed by atoms with E-state index in [0.717, 1.165) is 21.8 Å². The zero-order valence-corrected chi connectivity index (χ0v) is 9.91. The topological polar surface area (TPSA) is 49.3 Å². The molecule has 4 heteroatoms. The van der Waals surface area contributed by atoms with Gasteiger partial charge in [-0.25, -0.2) is 4.79 Å². The number of aliphatic carboxylic acids is 1. The van der Waals surface area contributed by atoms with Gasteiger partial charge in [-0.05, 0) is 30.7 Å². The van der Waals surface area contributed by atoms with E-state index in [1.807, 2.05) is 25.1 Å². The molecule has 0 spiro atoms. The van der Waals surface area contributed by atoms with Crippen molar-refractivity contribution < 1.29 is 9.90 Å². The van der Waals surface area contributed by atoms with Gasteiger partial charge in [-0.3, -0.25) is 0 Å². The maximum absolute atomic E-state index is 10.2. The quantitative estimate of drug-likeness (QED) is 0.827. The molecule has 0 aliphatic rings. The Hall–Kier alpha value is -1.29. The van der Waals surface area contributed by atoms with Gasteiger partial charge in [0, 0.05) is 22.8 Å². The summed E-state index contributed by atoms with van der Waals surface area (Å²) in [7, 11) is 0. The number of nitrogens with one attached hydrogen (secondary N) is 1. The molecule has 2 N–H and O–H groups in total. The molecule has 0 aliphatic heterocycles. The van der Waals surface area contributed by atoms with Crippen molar-refractivity contribution in [2.45, 2.75) is 6.92 Å². The summed E-state index contributed by atoms with van der Waals surface area (Å²) in [6.07, 6.45) is 2.69. The number of carboxylic acids is 1. The molecule has 3 nitrogen and oxygen atoms in total. The van der Waals surface area contributed by atoms with Crippen LogP contribution in [0, 0.1) is 6.92 Å². The molecule has 0 heterocycles. The van der Waals surface area contributed by atoms with Crippen LogP contribution in [0.4, 0.5) is 5.69 Å². The second-order valence-corrected chi connectivity index (χ2v) is 4.05. The molecule has 0 aliphatic carbocycles. The van der Waals surface area contributed by atoms with Crippen LogP contribution in [0.3, 0.4) is 0 Å². The van der Waals surface area contributed by atoms with Crippen LogP contribution in [0.1, 0.15) is 5.56 Å². The molecule has 0 amide bonds. The molecule has 0 atom stereocenters. The van der Waals surface area contributed by atoms with Gasteiger partial charge in [0.25, 0.3) is 0 Å². The van der Waals surface area contributed by atoms with Crippen LogP contribution in [0.15, 0.2) is 34.8 Å². The van der Waals surface area contributed by atoms with Crippen molar-refractivity contribution in [3.63, 3.8) is 0 Å². The van der Waals surface area contributed by atoms with Crippen molar-refractivity contribution in [1.29, 1.82) is 0 Å². The largest absolute Gasteiger partial charge is 0.478 e. The Balaban J connectivity index is 2.54. The minimum atomic E-state index is -0.928. The van der Waals surface area contributed by atoms with Crippen molar-refractivity contribution in [3.05, 3.63) is 40.4 Å². The summed E-state index contributed by atoms with van der Waals surface area (Å²) in [6, 6.07) is 5.96. The molecule has 0 unspecified atom stereocenters. The maximum Gasteiger partial charge on any atom is 0.328 e. The fourth-order valence-corrected chi connectivity index (χ4v) is 1.78. The van der Waals surface area contributed by atoms with Gasteiger partial charge in [-0.1, -0.05) is 22.0 Å². The van der Waals surface area contributed by atoms with E-state index >= 15 is 0 Å².